The number of nitrogens with zero attached hydrogens (tertiary/aromatic N) is 6. The molecule has 66 heavy (non-hydrogen) atoms. The number of aromatic nitrogens is 6. The summed E-state index contributed by atoms with van der Waals surface area (Å²) in [4.78, 5) is 32.5. The van der Waals surface area contributed by atoms with Gasteiger partial charge in [0.25, 0.3) is 0 Å². The summed E-state index contributed by atoms with van der Waals surface area (Å²) in [5.41, 5.74) is -0.0438. The molecule has 4 heterocycles. The fourth-order valence-corrected chi connectivity index (χ4v) is 11.5. The summed E-state index contributed by atoms with van der Waals surface area (Å²) in [6, 6.07) is 0. The largest absolute Gasteiger partial charge is 0.481 e. The minimum Gasteiger partial charge on any atom is -0.481 e. The van der Waals surface area contributed by atoms with E-state index in [1.54, 1.807) is 13.8 Å². The van der Waals surface area contributed by atoms with Gasteiger partial charge in [0.1, 0.15) is 26.8 Å². The number of carbonyl (C=O) groups excluding carboxylic acids is 1. The third-order valence-corrected chi connectivity index (χ3v) is 15.3. The summed E-state index contributed by atoms with van der Waals surface area (Å²) in [5, 5.41) is 24.4. The Kier molecular flexibility index (Phi) is 19.0. The average molecular weight is 965 g/mol. The number of esters is 1. The van der Waals surface area contributed by atoms with Crippen LogP contribution in [-0.2, 0) is 47.5 Å². The summed E-state index contributed by atoms with van der Waals surface area (Å²) in [6.07, 6.45) is 18.3. The van der Waals surface area contributed by atoms with Crippen molar-refractivity contribution in [3.05, 3.63) is 46.3 Å². The fourth-order valence-electron chi connectivity index (χ4n) is 8.87. The van der Waals surface area contributed by atoms with E-state index in [0.29, 0.717) is 12.3 Å². The molecule has 22 heteroatoms. The van der Waals surface area contributed by atoms with Crippen molar-refractivity contribution < 1.29 is 54.4 Å². The lowest BCUT2D eigenvalue weighted by Crippen LogP contribution is -2.25. The molecule has 4 aromatic rings. The Morgan fingerprint density at radius 1 is 0.652 bits per heavy atom. The van der Waals surface area contributed by atoms with Crippen LogP contribution in [0.4, 0.5) is 0 Å². The molecule has 0 unspecified atom stereocenters. The molecule has 0 radical (unpaired) electrons. The maximum atomic E-state index is 12.7. The molecule has 0 spiro atoms. The third-order valence-electron chi connectivity index (χ3n) is 12.0. The maximum Gasteiger partial charge on any atom is 0.307 e. The third kappa shape index (κ3) is 16.1. The Bertz CT molecular complexity index is 2350. The Morgan fingerprint density at radius 3 is 1.42 bits per heavy atom. The maximum absolute atomic E-state index is 12.7. The molecule has 0 saturated heterocycles. The summed E-state index contributed by atoms with van der Waals surface area (Å²) in [7, 11) is -7.71. The van der Waals surface area contributed by atoms with Crippen LogP contribution in [0.5, 0.6) is 0 Å². The van der Waals surface area contributed by atoms with E-state index >= 15 is 0 Å². The van der Waals surface area contributed by atoms with Gasteiger partial charge < -0.3 is 27.9 Å². The number of aryl methyl sites for hydroxylation is 4. The first-order valence-electron chi connectivity index (χ1n) is 23.1. The van der Waals surface area contributed by atoms with E-state index in [9.17, 15) is 31.5 Å². The van der Waals surface area contributed by atoms with Gasteiger partial charge in [-0.15, -0.1) is 0 Å². The van der Waals surface area contributed by atoms with Crippen molar-refractivity contribution in [1.29, 1.82) is 0 Å². The van der Waals surface area contributed by atoms with Crippen molar-refractivity contribution in [2.75, 3.05) is 0 Å². The van der Waals surface area contributed by atoms with Crippen LogP contribution in [0.3, 0.4) is 0 Å². The van der Waals surface area contributed by atoms with Crippen LogP contribution in [0.25, 0.3) is 0 Å². The first kappa shape index (κ1) is 52.4. The molecular formula is C44H68N8O12S2. The molecule has 20 nitrogen and oxygen atoms in total. The van der Waals surface area contributed by atoms with Gasteiger partial charge in [0.15, 0.2) is 23.2 Å². The van der Waals surface area contributed by atoms with Crippen molar-refractivity contribution in [1.82, 2.24) is 40.0 Å². The Hall–Kier alpha value is -4.54. The highest BCUT2D eigenvalue weighted by atomic mass is 32.2. The zero-order valence-corrected chi connectivity index (χ0v) is 41.0. The van der Waals surface area contributed by atoms with Crippen molar-refractivity contribution in [2.45, 2.75) is 204 Å². The lowest BCUT2D eigenvalue weighted by molar-refractivity contribution is -0.155. The van der Waals surface area contributed by atoms with Gasteiger partial charge in [-0.3, -0.25) is 9.59 Å². The number of hydrogen-bond acceptors (Lipinski definition) is 17. The normalized spacial score (nSPS) is 16.4. The number of rotatable bonds is 22. The second kappa shape index (κ2) is 24.0. The number of hydrogen-bond donors (Lipinski definition) is 3. The number of nitrogens with one attached hydrogen (secondary N) is 2. The molecular weight excluding hydrogens is 897 g/mol. The summed E-state index contributed by atoms with van der Waals surface area (Å²) in [5.74, 6) is 0.834. The van der Waals surface area contributed by atoms with Gasteiger partial charge in [-0.2, -0.15) is 9.97 Å². The van der Waals surface area contributed by atoms with Crippen LogP contribution in [0.2, 0.25) is 0 Å². The molecule has 2 aliphatic carbocycles. The van der Waals surface area contributed by atoms with Crippen molar-refractivity contribution in [3.8, 4) is 0 Å². The Balaban J connectivity index is 0.000000249. The second-order valence-corrected chi connectivity index (χ2v) is 22.1. The van der Waals surface area contributed by atoms with Crippen LogP contribution < -0.4 is 9.44 Å². The molecule has 3 N–H and O–H groups in total. The van der Waals surface area contributed by atoms with E-state index in [1.165, 1.54) is 78.1 Å². The van der Waals surface area contributed by atoms with E-state index in [2.05, 4.69) is 40.0 Å². The Morgan fingerprint density at radius 2 is 1.06 bits per heavy atom. The number of carboxylic acids is 1. The van der Waals surface area contributed by atoms with Crippen LogP contribution >= 0.6 is 0 Å². The molecule has 2 fully saturated rings. The van der Waals surface area contributed by atoms with E-state index < -0.39 is 31.6 Å². The molecule has 2 aliphatic rings. The van der Waals surface area contributed by atoms with Crippen molar-refractivity contribution in [2.24, 2.45) is 11.8 Å². The number of carbonyl (C=O) groups is 2. The molecule has 0 aliphatic heterocycles. The van der Waals surface area contributed by atoms with Gasteiger partial charge in [-0.05, 0) is 73.1 Å². The van der Waals surface area contributed by atoms with Gasteiger partial charge in [-0.25, -0.2) is 26.3 Å². The average Bonchev–Trinajstić information content (AvgIpc) is 4.07. The van der Waals surface area contributed by atoms with Gasteiger partial charge >= 0.3 is 11.9 Å². The molecule has 2 saturated carbocycles. The van der Waals surface area contributed by atoms with Gasteiger partial charge in [-0.1, -0.05) is 111 Å². The number of sulfonamides is 2. The first-order valence-corrected chi connectivity index (χ1v) is 26.1. The van der Waals surface area contributed by atoms with Gasteiger partial charge in [0.05, 0.1) is 25.9 Å². The lowest BCUT2D eigenvalue weighted by atomic mass is 9.84. The molecule has 4 aromatic heterocycles. The molecule has 2 atom stereocenters. The van der Waals surface area contributed by atoms with Gasteiger partial charge in [0.2, 0.25) is 31.8 Å². The van der Waals surface area contributed by atoms with E-state index in [4.69, 9.17) is 22.8 Å². The number of aliphatic carboxylic acids is 1. The standard InChI is InChI=1S/C24H38N4O6S.C20H30N4O6S/c1-16-22(17(2)33-27-16)35(30,31)25-15-20-26-23(34-28-20)19(14-21(29)32-24(3,4)5)13-9-12-18-10-7-6-8-11-18;1-13-19(14(2)29-23-13)31(27,28)21-12-17-22-20(30-24-17)16(11-18(25)26)10-6-9-15-7-4-3-5-8-15/h18-19,25H,6-15H2,1-5H3;15-16,21H,3-12H2,1-2H3,(H,25,26)/t19-;16-/m11/s1. The zero-order valence-electron chi connectivity index (χ0n) is 39.4. The summed E-state index contributed by atoms with van der Waals surface area (Å²) < 4.78 is 81.4. The SMILES string of the molecule is Cc1noc(C)c1S(=O)(=O)NCc1noc([C@H](CCCC2CCCCC2)CC(=O)O)n1.Cc1noc(C)c1S(=O)(=O)NCc1noc([C@H](CCCC2CCCCC2)CC(=O)OC(C)(C)C)n1. The Labute approximate surface area is 387 Å². The lowest BCUT2D eigenvalue weighted by Gasteiger charge is -2.23. The van der Waals surface area contributed by atoms with E-state index in [0.717, 1.165) is 43.9 Å². The minimum atomic E-state index is -3.86. The first-order chi connectivity index (χ1) is 31.2. The molecule has 368 valence electrons. The van der Waals surface area contributed by atoms with Gasteiger partial charge in [0, 0.05) is 11.8 Å². The highest BCUT2D eigenvalue weighted by Gasteiger charge is 2.30. The fraction of sp³-hybridized carbons (Fsp3) is 0.727. The summed E-state index contributed by atoms with van der Waals surface area (Å²) in [6.45, 7) is 11.3. The summed E-state index contributed by atoms with van der Waals surface area (Å²) >= 11 is 0. The van der Waals surface area contributed by atoms with Crippen LogP contribution in [0.1, 0.15) is 195 Å². The topological polar surface area (TPSA) is 286 Å². The van der Waals surface area contributed by atoms with Crippen LogP contribution in [0.15, 0.2) is 27.9 Å². The van der Waals surface area contributed by atoms with Crippen LogP contribution in [-0.4, -0.2) is 70.1 Å². The van der Waals surface area contributed by atoms with Crippen LogP contribution in [0, 0.1) is 39.5 Å². The second-order valence-electron chi connectivity index (χ2n) is 18.7. The quantitative estimate of drug-likeness (QED) is 0.0626. The molecule has 6 rings (SSSR count). The highest BCUT2D eigenvalue weighted by Crippen LogP contribution is 2.33. The number of carboxylic acid groups (broad SMARTS) is 1. The highest BCUT2D eigenvalue weighted by molar-refractivity contribution is 7.89. The number of ether oxygens (including phenoxy) is 1. The molecule has 0 aromatic carbocycles. The molecule has 0 bridgehead atoms. The monoisotopic (exact) mass is 964 g/mol. The van der Waals surface area contributed by atoms with Crippen molar-refractivity contribution >= 4 is 32.0 Å². The predicted molar refractivity (Wildman–Crippen MR) is 238 cm³/mol. The van der Waals surface area contributed by atoms with E-state index in [1.807, 2.05) is 20.8 Å². The smallest absolute Gasteiger partial charge is 0.307 e. The molecule has 0 amide bonds. The predicted octanol–water partition coefficient (Wildman–Crippen LogP) is 8.18. The van der Waals surface area contributed by atoms with E-state index in [-0.39, 0.29) is 94.0 Å². The van der Waals surface area contributed by atoms with Crippen molar-refractivity contribution in [3.63, 3.8) is 0 Å². The zero-order chi connectivity index (χ0) is 48.1. The minimum absolute atomic E-state index is 0.00623.